The number of allylic oxidation sites excluding steroid dienone is 2. The normalized spacial score (nSPS) is 12.0. The fourth-order valence-corrected chi connectivity index (χ4v) is 2.92. The third kappa shape index (κ3) is 3.77. The van der Waals surface area contributed by atoms with Crippen molar-refractivity contribution in [2.45, 2.75) is 52.4 Å². The summed E-state index contributed by atoms with van der Waals surface area (Å²) in [6, 6.07) is 17.4. The molecule has 2 rings (SSSR count). The van der Waals surface area contributed by atoms with Crippen molar-refractivity contribution in [3.05, 3.63) is 53.6 Å². The van der Waals surface area contributed by atoms with E-state index in [0.717, 1.165) is 44.1 Å². The van der Waals surface area contributed by atoms with Gasteiger partial charge in [-0.1, -0.05) is 69.2 Å². The van der Waals surface area contributed by atoms with Crippen LogP contribution in [0.25, 0.3) is 16.3 Å². The van der Waals surface area contributed by atoms with Gasteiger partial charge in [0.2, 0.25) is 0 Å². The largest absolute Gasteiger partial charge is 0.193 e. The molecule has 0 saturated heterocycles. The summed E-state index contributed by atoms with van der Waals surface area (Å²) >= 11 is 0. The van der Waals surface area contributed by atoms with Crippen LogP contribution in [0.5, 0.6) is 0 Å². The molecule has 0 N–H and O–H groups in total. The first-order valence-electron chi connectivity index (χ1n) is 8.42. The van der Waals surface area contributed by atoms with Gasteiger partial charge in [0.05, 0.1) is 6.07 Å². The zero-order valence-corrected chi connectivity index (χ0v) is 13.7. The van der Waals surface area contributed by atoms with Crippen LogP contribution >= 0.6 is 0 Å². The van der Waals surface area contributed by atoms with Crippen molar-refractivity contribution < 1.29 is 0 Å². The second-order valence-corrected chi connectivity index (χ2v) is 5.80. The molecule has 0 aliphatic carbocycles. The van der Waals surface area contributed by atoms with E-state index in [9.17, 15) is 5.26 Å². The monoisotopic (exact) mass is 291 g/mol. The number of fused-ring (bicyclic) bond motifs is 1. The van der Waals surface area contributed by atoms with E-state index in [2.05, 4.69) is 62.4 Å². The van der Waals surface area contributed by atoms with Gasteiger partial charge in [0.25, 0.3) is 0 Å². The average Bonchev–Trinajstić information content (AvgIpc) is 2.57. The molecule has 1 nitrogen and oxygen atoms in total. The van der Waals surface area contributed by atoms with E-state index in [1.807, 2.05) is 0 Å². The maximum atomic E-state index is 9.65. The number of unbranched alkanes of at least 4 members (excludes halogenated alkanes) is 2. The van der Waals surface area contributed by atoms with E-state index in [-0.39, 0.29) is 0 Å². The molecule has 1 heteroatoms. The summed E-state index contributed by atoms with van der Waals surface area (Å²) in [7, 11) is 0. The van der Waals surface area contributed by atoms with Crippen LogP contribution in [0.2, 0.25) is 0 Å². The molecule has 0 aliphatic rings. The molecule has 0 saturated carbocycles. The van der Waals surface area contributed by atoms with Gasteiger partial charge in [-0.05, 0) is 47.6 Å². The molecule has 114 valence electrons. The molecular formula is C21H25N. The van der Waals surface area contributed by atoms with Crippen LogP contribution in [-0.4, -0.2) is 0 Å². The highest BCUT2D eigenvalue weighted by Gasteiger charge is 2.11. The number of hydrogen-bond acceptors (Lipinski definition) is 1. The quantitative estimate of drug-likeness (QED) is 0.534. The summed E-state index contributed by atoms with van der Waals surface area (Å²) in [6.07, 6.45) is 6.40. The molecule has 0 spiro atoms. The van der Waals surface area contributed by atoms with Crippen molar-refractivity contribution in [1.29, 1.82) is 5.26 Å². The lowest BCUT2D eigenvalue weighted by atomic mass is 9.90. The van der Waals surface area contributed by atoms with E-state index in [0.29, 0.717) is 0 Å². The minimum Gasteiger partial charge on any atom is -0.193 e. The molecule has 0 amide bonds. The summed E-state index contributed by atoms with van der Waals surface area (Å²) in [5, 5.41) is 12.2. The average molecular weight is 291 g/mol. The maximum absolute atomic E-state index is 9.65. The van der Waals surface area contributed by atoms with Crippen LogP contribution in [0.4, 0.5) is 0 Å². The third-order valence-electron chi connectivity index (χ3n) is 4.17. The van der Waals surface area contributed by atoms with E-state index in [4.69, 9.17) is 0 Å². The summed E-state index contributed by atoms with van der Waals surface area (Å²) < 4.78 is 0. The second kappa shape index (κ2) is 8.39. The van der Waals surface area contributed by atoms with Crippen LogP contribution in [0, 0.1) is 11.3 Å². The molecule has 0 heterocycles. The zero-order chi connectivity index (χ0) is 15.8. The van der Waals surface area contributed by atoms with Gasteiger partial charge in [0, 0.05) is 5.57 Å². The summed E-state index contributed by atoms with van der Waals surface area (Å²) in [4.78, 5) is 0. The van der Waals surface area contributed by atoms with Crippen LogP contribution in [0.1, 0.15) is 57.9 Å². The first-order valence-corrected chi connectivity index (χ1v) is 8.42. The van der Waals surface area contributed by atoms with Crippen molar-refractivity contribution >= 4 is 16.3 Å². The molecule has 0 bridgehead atoms. The minimum absolute atomic E-state index is 0.898. The standard InChI is InChI=1S/C21H25N/c1-3-5-10-18(16-22)20(13-6-4-2)21-15-9-12-17-11-7-8-14-19(17)21/h7-9,11-12,14-15H,3-6,10,13H2,1-2H3/b20-18-. The van der Waals surface area contributed by atoms with Crippen molar-refractivity contribution in [2.75, 3.05) is 0 Å². The zero-order valence-electron chi connectivity index (χ0n) is 13.7. The van der Waals surface area contributed by atoms with Gasteiger partial charge < -0.3 is 0 Å². The Balaban J connectivity index is 2.56. The third-order valence-corrected chi connectivity index (χ3v) is 4.17. The SMILES string of the molecule is CCCC/C(C#N)=C(\CCCC)c1cccc2ccccc12. The highest BCUT2D eigenvalue weighted by Crippen LogP contribution is 2.32. The number of hydrogen-bond donors (Lipinski definition) is 0. The Kier molecular flexibility index (Phi) is 6.22. The predicted octanol–water partition coefficient (Wildman–Crippen LogP) is 6.50. The Labute approximate surface area is 134 Å². The molecule has 2 aromatic rings. The Morgan fingerprint density at radius 1 is 0.909 bits per heavy atom. The molecule has 2 aromatic carbocycles. The van der Waals surface area contributed by atoms with Crippen LogP contribution in [-0.2, 0) is 0 Å². The summed E-state index contributed by atoms with van der Waals surface area (Å²) in [5.74, 6) is 0. The topological polar surface area (TPSA) is 23.8 Å². The highest BCUT2D eigenvalue weighted by molar-refractivity contribution is 5.95. The van der Waals surface area contributed by atoms with Gasteiger partial charge in [-0.15, -0.1) is 0 Å². The van der Waals surface area contributed by atoms with Crippen molar-refractivity contribution in [1.82, 2.24) is 0 Å². The van der Waals surface area contributed by atoms with E-state index in [1.54, 1.807) is 0 Å². The Morgan fingerprint density at radius 2 is 1.59 bits per heavy atom. The molecule has 0 fully saturated rings. The molecule has 0 unspecified atom stereocenters. The van der Waals surface area contributed by atoms with Gasteiger partial charge in [-0.3, -0.25) is 0 Å². The second-order valence-electron chi connectivity index (χ2n) is 5.80. The first kappa shape index (κ1) is 16.3. The van der Waals surface area contributed by atoms with Gasteiger partial charge in [-0.25, -0.2) is 0 Å². The Morgan fingerprint density at radius 3 is 2.32 bits per heavy atom. The Bertz CT molecular complexity index is 683. The molecule has 0 atom stereocenters. The van der Waals surface area contributed by atoms with E-state index >= 15 is 0 Å². The summed E-state index contributed by atoms with van der Waals surface area (Å²) in [5.41, 5.74) is 3.49. The van der Waals surface area contributed by atoms with Crippen molar-refractivity contribution in [3.63, 3.8) is 0 Å². The lowest BCUT2D eigenvalue weighted by Gasteiger charge is -2.14. The number of rotatable bonds is 7. The van der Waals surface area contributed by atoms with Crippen LogP contribution in [0.15, 0.2) is 48.0 Å². The smallest absolute Gasteiger partial charge is 0.0950 e. The molecule has 0 aliphatic heterocycles. The van der Waals surface area contributed by atoms with Gasteiger partial charge in [0.15, 0.2) is 0 Å². The van der Waals surface area contributed by atoms with E-state index in [1.165, 1.54) is 21.9 Å². The number of nitriles is 1. The van der Waals surface area contributed by atoms with Gasteiger partial charge in [0.1, 0.15) is 0 Å². The van der Waals surface area contributed by atoms with Crippen molar-refractivity contribution in [3.8, 4) is 6.07 Å². The highest BCUT2D eigenvalue weighted by atomic mass is 14.3. The molecule has 0 aromatic heterocycles. The summed E-state index contributed by atoms with van der Waals surface area (Å²) in [6.45, 7) is 4.39. The fourth-order valence-electron chi connectivity index (χ4n) is 2.92. The van der Waals surface area contributed by atoms with Crippen molar-refractivity contribution in [2.24, 2.45) is 0 Å². The maximum Gasteiger partial charge on any atom is 0.0950 e. The number of benzene rings is 2. The molecule has 22 heavy (non-hydrogen) atoms. The number of nitrogens with zero attached hydrogens (tertiary/aromatic N) is 1. The van der Waals surface area contributed by atoms with E-state index < -0.39 is 0 Å². The molecule has 0 radical (unpaired) electrons. The predicted molar refractivity (Wildman–Crippen MR) is 95.5 cm³/mol. The van der Waals surface area contributed by atoms with Gasteiger partial charge in [-0.2, -0.15) is 5.26 Å². The molecular weight excluding hydrogens is 266 g/mol. The van der Waals surface area contributed by atoms with Gasteiger partial charge >= 0.3 is 0 Å². The van der Waals surface area contributed by atoms with Crippen LogP contribution < -0.4 is 0 Å². The van der Waals surface area contributed by atoms with Crippen LogP contribution in [0.3, 0.4) is 0 Å². The lowest BCUT2D eigenvalue weighted by molar-refractivity contribution is 0.787. The Hall–Kier alpha value is -2.07. The minimum atomic E-state index is 0.898. The lowest BCUT2D eigenvalue weighted by Crippen LogP contribution is -1.94. The first-order chi connectivity index (χ1) is 10.8. The fraction of sp³-hybridized carbons (Fsp3) is 0.381.